The summed E-state index contributed by atoms with van der Waals surface area (Å²) in [5.74, 6) is -1.40. The second-order valence-corrected chi connectivity index (χ2v) is 5.77. The lowest BCUT2D eigenvalue weighted by Crippen LogP contribution is -2.43. The standard InChI is InChI=1S/C13H17ClF2N4/c14-12-17-10(19-5-1-2-6-19)8-11(18-12)20-7-3-4-13(15,16)9-20/h8H,1-7,9H2. The van der Waals surface area contributed by atoms with Gasteiger partial charge in [-0.15, -0.1) is 0 Å². The third-order valence-corrected chi connectivity index (χ3v) is 3.99. The minimum atomic E-state index is -2.65. The van der Waals surface area contributed by atoms with Gasteiger partial charge in [0.25, 0.3) is 5.92 Å². The van der Waals surface area contributed by atoms with Crippen LogP contribution >= 0.6 is 11.6 Å². The Morgan fingerprint density at radius 3 is 2.25 bits per heavy atom. The number of aromatic nitrogens is 2. The molecular weight excluding hydrogens is 286 g/mol. The highest BCUT2D eigenvalue weighted by Gasteiger charge is 2.36. The zero-order valence-corrected chi connectivity index (χ0v) is 11.9. The van der Waals surface area contributed by atoms with E-state index in [1.807, 2.05) is 0 Å². The summed E-state index contributed by atoms with van der Waals surface area (Å²) in [6.45, 7) is 2.16. The third kappa shape index (κ3) is 2.95. The maximum Gasteiger partial charge on any atom is 0.265 e. The molecule has 2 saturated heterocycles. The molecule has 0 atom stereocenters. The Kier molecular flexibility index (Phi) is 3.67. The molecule has 0 aliphatic carbocycles. The molecule has 2 fully saturated rings. The Balaban J connectivity index is 1.85. The molecule has 0 aromatic carbocycles. The molecule has 3 heterocycles. The highest BCUT2D eigenvalue weighted by molar-refractivity contribution is 6.28. The van der Waals surface area contributed by atoms with E-state index in [-0.39, 0.29) is 18.2 Å². The third-order valence-electron chi connectivity index (χ3n) is 3.82. The molecule has 7 heteroatoms. The topological polar surface area (TPSA) is 32.3 Å². The van der Waals surface area contributed by atoms with Crippen molar-refractivity contribution in [3.63, 3.8) is 0 Å². The van der Waals surface area contributed by atoms with E-state index in [0.29, 0.717) is 18.8 Å². The Morgan fingerprint density at radius 2 is 1.60 bits per heavy atom. The summed E-state index contributed by atoms with van der Waals surface area (Å²) < 4.78 is 27.0. The summed E-state index contributed by atoms with van der Waals surface area (Å²) >= 11 is 5.96. The maximum absolute atomic E-state index is 13.5. The fourth-order valence-corrected chi connectivity index (χ4v) is 3.00. The van der Waals surface area contributed by atoms with Crippen molar-refractivity contribution in [2.45, 2.75) is 31.6 Å². The zero-order valence-electron chi connectivity index (χ0n) is 11.2. The second kappa shape index (κ2) is 5.31. The Labute approximate surface area is 121 Å². The van der Waals surface area contributed by atoms with E-state index in [0.717, 1.165) is 31.7 Å². The van der Waals surface area contributed by atoms with Crippen molar-refractivity contribution in [1.82, 2.24) is 9.97 Å². The molecule has 0 spiro atoms. The Hall–Kier alpha value is -1.17. The van der Waals surface area contributed by atoms with Crippen LogP contribution in [0.5, 0.6) is 0 Å². The molecular formula is C13H17ClF2N4. The average Bonchev–Trinajstić information content (AvgIpc) is 2.90. The number of alkyl halides is 2. The molecule has 3 rings (SSSR count). The smallest absolute Gasteiger partial charge is 0.265 e. The lowest BCUT2D eigenvalue weighted by molar-refractivity contribution is -0.0118. The first-order chi connectivity index (χ1) is 9.53. The first kappa shape index (κ1) is 13.8. The van der Waals surface area contributed by atoms with Crippen LogP contribution in [0.15, 0.2) is 6.07 Å². The molecule has 110 valence electrons. The maximum atomic E-state index is 13.5. The summed E-state index contributed by atoms with van der Waals surface area (Å²) in [4.78, 5) is 12.1. The van der Waals surface area contributed by atoms with E-state index in [1.165, 1.54) is 0 Å². The van der Waals surface area contributed by atoms with Crippen molar-refractivity contribution in [2.24, 2.45) is 0 Å². The molecule has 20 heavy (non-hydrogen) atoms. The van der Waals surface area contributed by atoms with Crippen LogP contribution < -0.4 is 9.80 Å². The number of rotatable bonds is 2. The van der Waals surface area contributed by atoms with Crippen molar-refractivity contribution >= 4 is 23.2 Å². The van der Waals surface area contributed by atoms with Gasteiger partial charge >= 0.3 is 0 Å². The molecule has 0 saturated carbocycles. The minimum Gasteiger partial charge on any atom is -0.356 e. The van der Waals surface area contributed by atoms with Gasteiger partial charge in [0.15, 0.2) is 0 Å². The molecule has 0 N–H and O–H groups in total. The van der Waals surface area contributed by atoms with Gasteiger partial charge in [0.2, 0.25) is 5.28 Å². The number of hydrogen-bond acceptors (Lipinski definition) is 4. The van der Waals surface area contributed by atoms with Crippen molar-refractivity contribution in [2.75, 3.05) is 36.0 Å². The number of piperidine rings is 1. The van der Waals surface area contributed by atoms with E-state index in [9.17, 15) is 8.78 Å². The fourth-order valence-electron chi connectivity index (χ4n) is 2.83. The molecule has 4 nitrogen and oxygen atoms in total. The molecule has 0 unspecified atom stereocenters. The van der Waals surface area contributed by atoms with Gasteiger partial charge in [-0.25, -0.2) is 18.7 Å². The summed E-state index contributed by atoms with van der Waals surface area (Å²) in [6.07, 6.45) is 2.66. The lowest BCUT2D eigenvalue weighted by atomic mass is 10.1. The van der Waals surface area contributed by atoms with E-state index in [4.69, 9.17) is 11.6 Å². The lowest BCUT2D eigenvalue weighted by Gasteiger charge is -2.33. The van der Waals surface area contributed by atoms with Crippen LogP contribution in [0.1, 0.15) is 25.7 Å². The number of anilines is 2. The van der Waals surface area contributed by atoms with Crippen LogP contribution in [0.2, 0.25) is 5.28 Å². The first-order valence-corrected chi connectivity index (χ1v) is 7.34. The van der Waals surface area contributed by atoms with Crippen LogP contribution in [0.4, 0.5) is 20.4 Å². The molecule has 1 aromatic rings. The van der Waals surface area contributed by atoms with E-state index >= 15 is 0 Å². The van der Waals surface area contributed by atoms with Crippen molar-refractivity contribution in [3.8, 4) is 0 Å². The van der Waals surface area contributed by atoms with Gasteiger partial charge in [0.1, 0.15) is 11.6 Å². The predicted molar refractivity (Wildman–Crippen MR) is 74.9 cm³/mol. The molecule has 2 aliphatic rings. The van der Waals surface area contributed by atoms with Gasteiger partial charge in [-0.05, 0) is 30.9 Å². The van der Waals surface area contributed by atoms with E-state index in [2.05, 4.69) is 14.9 Å². The normalized spacial score (nSPS) is 22.4. The van der Waals surface area contributed by atoms with Crippen LogP contribution in [0, 0.1) is 0 Å². The van der Waals surface area contributed by atoms with Gasteiger partial charge in [0, 0.05) is 32.1 Å². The van der Waals surface area contributed by atoms with Crippen molar-refractivity contribution < 1.29 is 8.78 Å². The minimum absolute atomic E-state index is 0.0543. The van der Waals surface area contributed by atoms with Crippen molar-refractivity contribution in [1.29, 1.82) is 0 Å². The second-order valence-electron chi connectivity index (χ2n) is 5.43. The number of hydrogen-bond donors (Lipinski definition) is 0. The average molecular weight is 303 g/mol. The molecule has 2 aliphatic heterocycles. The predicted octanol–water partition coefficient (Wildman–Crippen LogP) is 2.97. The summed E-state index contributed by atoms with van der Waals surface area (Å²) in [5, 5.41) is 0.123. The van der Waals surface area contributed by atoms with Crippen LogP contribution in [0.3, 0.4) is 0 Å². The zero-order chi connectivity index (χ0) is 14.2. The van der Waals surface area contributed by atoms with E-state index in [1.54, 1.807) is 11.0 Å². The summed E-state index contributed by atoms with van der Waals surface area (Å²) in [5.41, 5.74) is 0. The van der Waals surface area contributed by atoms with Gasteiger partial charge in [-0.2, -0.15) is 0 Å². The van der Waals surface area contributed by atoms with Gasteiger partial charge in [-0.3, -0.25) is 0 Å². The summed E-state index contributed by atoms with van der Waals surface area (Å²) in [6, 6.07) is 1.78. The Morgan fingerprint density at radius 1 is 1.00 bits per heavy atom. The number of nitrogens with zero attached hydrogens (tertiary/aromatic N) is 4. The van der Waals surface area contributed by atoms with Gasteiger partial charge in [-0.1, -0.05) is 0 Å². The fraction of sp³-hybridized carbons (Fsp3) is 0.692. The SMILES string of the molecule is FC1(F)CCCN(c2cc(N3CCCC3)nc(Cl)n2)C1. The monoisotopic (exact) mass is 302 g/mol. The first-order valence-electron chi connectivity index (χ1n) is 6.96. The van der Waals surface area contributed by atoms with Crippen LogP contribution in [-0.2, 0) is 0 Å². The highest BCUT2D eigenvalue weighted by atomic mass is 35.5. The molecule has 0 amide bonds. The molecule has 0 radical (unpaired) electrons. The quantitative estimate of drug-likeness (QED) is 0.786. The molecule has 0 bridgehead atoms. The van der Waals surface area contributed by atoms with Gasteiger partial charge < -0.3 is 9.80 Å². The van der Waals surface area contributed by atoms with Crippen LogP contribution in [-0.4, -0.2) is 42.1 Å². The molecule has 1 aromatic heterocycles. The summed E-state index contributed by atoms with van der Waals surface area (Å²) in [7, 11) is 0. The Bertz CT molecular complexity index is 491. The highest BCUT2D eigenvalue weighted by Crippen LogP contribution is 2.31. The van der Waals surface area contributed by atoms with Crippen LogP contribution in [0.25, 0.3) is 0 Å². The van der Waals surface area contributed by atoms with Crippen molar-refractivity contribution in [3.05, 3.63) is 11.3 Å². The van der Waals surface area contributed by atoms with Gasteiger partial charge in [0.05, 0.1) is 6.54 Å². The number of halogens is 3. The van der Waals surface area contributed by atoms with E-state index < -0.39 is 5.92 Å². The largest absolute Gasteiger partial charge is 0.356 e.